The zero-order valence-electron chi connectivity index (χ0n) is 10.4. The lowest BCUT2D eigenvalue weighted by molar-refractivity contribution is -0.197. The number of rotatable bonds is 3. The van der Waals surface area contributed by atoms with E-state index < -0.39 is 17.4 Å². The Kier molecular flexibility index (Phi) is 3.54. The van der Waals surface area contributed by atoms with Crippen molar-refractivity contribution in [3.63, 3.8) is 0 Å². The molecule has 1 N–H and O–H groups in total. The molecule has 3 nitrogen and oxygen atoms in total. The van der Waals surface area contributed by atoms with Crippen LogP contribution >= 0.6 is 0 Å². The zero-order valence-corrected chi connectivity index (χ0v) is 10.4. The average molecular weight is 273 g/mol. The van der Waals surface area contributed by atoms with Crippen LogP contribution in [0.25, 0.3) is 0 Å². The molecule has 6 heteroatoms. The molecule has 1 fully saturated rings. The van der Waals surface area contributed by atoms with E-state index in [1.165, 1.54) is 25.3 Å². The van der Waals surface area contributed by atoms with Gasteiger partial charge in [0, 0.05) is 12.1 Å². The van der Waals surface area contributed by atoms with Crippen molar-refractivity contribution < 1.29 is 22.7 Å². The van der Waals surface area contributed by atoms with Gasteiger partial charge in [0.15, 0.2) is 5.78 Å². The Morgan fingerprint density at radius 3 is 2.68 bits per heavy atom. The molecule has 2 rings (SSSR count). The first kappa shape index (κ1) is 13.9. The smallest absolute Gasteiger partial charge is 0.402 e. The van der Waals surface area contributed by atoms with Gasteiger partial charge in [-0.1, -0.05) is 12.1 Å². The maximum atomic E-state index is 13.2. The fourth-order valence-corrected chi connectivity index (χ4v) is 2.30. The number of hydrogen-bond donors (Lipinski definition) is 1. The largest absolute Gasteiger partial charge is 0.497 e. The maximum absolute atomic E-state index is 13.2. The van der Waals surface area contributed by atoms with Crippen LogP contribution < -0.4 is 10.1 Å². The maximum Gasteiger partial charge on any atom is 0.402 e. The molecule has 0 amide bonds. The summed E-state index contributed by atoms with van der Waals surface area (Å²) in [6, 6.07) is 5.83. The predicted octanol–water partition coefficient (Wildman–Crippen LogP) is 2.42. The monoisotopic (exact) mass is 273 g/mol. The van der Waals surface area contributed by atoms with E-state index in [0.717, 1.165) is 0 Å². The van der Waals surface area contributed by atoms with Crippen molar-refractivity contribution in [3.05, 3.63) is 29.8 Å². The summed E-state index contributed by atoms with van der Waals surface area (Å²) >= 11 is 0. The molecule has 0 aromatic heterocycles. The molecule has 1 aliphatic heterocycles. The fourth-order valence-electron chi connectivity index (χ4n) is 2.30. The number of alkyl halides is 3. The van der Waals surface area contributed by atoms with E-state index in [4.69, 9.17) is 4.74 Å². The Balaban J connectivity index is 2.40. The first-order valence-electron chi connectivity index (χ1n) is 5.87. The van der Waals surface area contributed by atoms with Gasteiger partial charge in [-0.05, 0) is 25.1 Å². The second kappa shape index (κ2) is 4.85. The van der Waals surface area contributed by atoms with Gasteiger partial charge in [0.1, 0.15) is 11.2 Å². The highest BCUT2D eigenvalue weighted by atomic mass is 19.4. The van der Waals surface area contributed by atoms with Crippen LogP contribution in [0.4, 0.5) is 13.2 Å². The van der Waals surface area contributed by atoms with Crippen molar-refractivity contribution >= 4 is 5.78 Å². The number of hydrogen-bond acceptors (Lipinski definition) is 3. The second-order valence-electron chi connectivity index (χ2n) is 4.57. The molecule has 0 bridgehead atoms. The number of ketones is 1. The molecule has 1 aliphatic rings. The Bertz CT molecular complexity index is 479. The minimum absolute atomic E-state index is 0.0281. The molecule has 0 radical (unpaired) electrons. The highest BCUT2D eigenvalue weighted by molar-refractivity contribution is 6.01. The highest BCUT2D eigenvalue weighted by Gasteiger charge is 2.61. The third-order valence-electron chi connectivity index (χ3n) is 3.46. The number of carbonyl (C=O) groups is 1. The minimum Gasteiger partial charge on any atom is -0.497 e. The standard InChI is InChI=1S/C13H14F3NO2/c1-19-10-4-2-3-9(7-10)11(18)12(13(14,15)16)5-6-17-8-12/h2-4,7,17H,5-6,8H2,1H3. The summed E-state index contributed by atoms with van der Waals surface area (Å²) in [4.78, 5) is 12.3. The van der Waals surface area contributed by atoms with Gasteiger partial charge in [0.05, 0.1) is 7.11 Å². The number of nitrogens with one attached hydrogen (secondary N) is 1. The Hall–Kier alpha value is -1.56. The molecule has 1 saturated heterocycles. The Morgan fingerprint density at radius 2 is 2.16 bits per heavy atom. The molecular weight excluding hydrogens is 259 g/mol. The van der Waals surface area contributed by atoms with Crippen LogP contribution in [0.2, 0.25) is 0 Å². The van der Waals surface area contributed by atoms with Crippen LogP contribution in [0.5, 0.6) is 5.75 Å². The van der Waals surface area contributed by atoms with Gasteiger partial charge in [0.25, 0.3) is 0 Å². The van der Waals surface area contributed by atoms with E-state index >= 15 is 0 Å². The molecule has 104 valence electrons. The van der Waals surface area contributed by atoms with Crippen LogP contribution in [0.1, 0.15) is 16.8 Å². The summed E-state index contributed by atoms with van der Waals surface area (Å²) in [5.74, 6) is -0.530. The lowest BCUT2D eigenvalue weighted by Gasteiger charge is -2.29. The van der Waals surface area contributed by atoms with Crippen molar-refractivity contribution in [1.29, 1.82) is 0 Å². The van der Waals surface area contributed by atoms with Crippen molar-refractivity contribution in [1.82, 2.24) is 5.32 Å². The molecule has 0 saturated carbocycles. The molecule has 1 aromatic carbocycles. The average Bonchev–Trinajstić information content (AvgIpc) is 2.88. The lowest BCUT2D eigenvalue weighted by Crippen LogP contribution is -2.46. The summed E-state index contributed by atoms with van der Waals surface area (Å²) in [7, 11) is 1.40. The zero-order chi connectivity index (χ0) is 14.1. The van der Waals surface area contributed by atoms with Gasteiger partial charge in [-0.2, -0.15) is 13.2 Å². The van der Waals surface area contributed by atoms with Crippen molar-refractivity contribution in [3.8, 4) is 5.75 Å². The highest BCUT2D eigenvalue weighted by Crippen LogP contribution is 2.45. The van der Waals surface area contributed by atoms with Crippen LogP contribution in [-0.4, -0.2) is 32.2 Å². The first-order valence-corrected chi connectivity index (χ1v) is 5.87. The summed E-state index contributed by atoms with van der Waals surface area (Å²) in [6.45, 7) is -0.179. The minimum atomic E-state index is -4.56. The lowest BCUT2D eigenvalue weighted by atomic mass is 9.78. The fraction of sp³-hybridized carbons (Fsp3) is 0.462. The van der Waals surface area contributed by atoms with Gasteiger partial charge >= 0.3 is 6.18 Å². The van der Waals surface area contributed by atoms with Gasteiger partial charge < -0.3 is 10.1 Å². The van der Waals surface area contributed by atoms with E-state index in [1.54, 1.807) is 6.07 Å². The number of halogens is 3. The Labute approximate surface area is 108 Å². The van der Waals surface area contributed by atoms with E-state index in [9.17, 15) is 18.0 Å². The molecule has 1 heterocycles. The molecule has 0 spiro atoms. The topological polar surface area (TPSA) is 38.3 Å². The van der Waals surface area contributed by atoms with Crippen LogP contribution in [0, 0.1) is 5.41 Å². The van der Waals surface area contributed by atoms with E-state index in [0.29, 0.717) is 5.75 Å². The summed E-state index contributed by atoms with van der Waals surface area (Å²) in [5.41, 5.74) is -2.29. The Morgan fingerprint density at radius 1 is 1.42 bits per heavy atom. The number of Topliss-reactive ketones (excluding diaryl/α,β-unsaturated/α-hetero) is 1. The number of ether oxygens (including phenoxy) is 1. The predicted molar refractivity (Wildman–Crippen MR) is 63.3 cm³/mol. The van der Waals surface area contributed by atoms with Gasteiger partial charge in [-0.3, -0.25) is 4.79 Å². The van der Waals surface area contributed by atoms with Crippen molar-refractivity contribution in [2.24, 2.45) is 5.41 Å². The second-order valence-corrected chi connectivity index (χ2v) is 4.57. The van der Waals surface area contributed by atoms with Crippen LogP contribution in [0.15, 0.2) is 24.3 Å². The summed E-state index contributed by atoms with van der Waals surface area (Å²) < 4.78 is 44.7. The molecule has 19 heavy (non-hydrogen) atoms. The normalized spacial score (nSPS) is 23.4. The van der Waals surface area contributed by atoms with Gasteiger partial charge in [-0.25, -0.2) is 0 Å². The third-order valence-corrected chi connectivity index (χ3v) is 3.46. The first-order chi connectivity index (χ1) is 8.90. The van der Waals surface area contributed by atoms with Crippen LogP contribution in [-0.2, 0) is 0 Å². The van der Waals surface area contributed by atoms with E-state index in [-0.39, 0.29) is 25.1 Å². The van der Waals surface area contributed by atoms with Gasteiger partial charge in [0.2, 0.25) is 0 Å². The van der Waals surface area contributed by atoms with Crippen molar-refractivity contribution in [2.75, 3.05) is 20.2 Å². The number of methoxy groups -OCH3 is 1. The molecule has 1 atom stereocenters. The molecule has 0 aliphatic carbocycles. The quantitative estimate of drug-likeness (QED) is 0.859. The number of benzene rings is 1. The summed E-state index contributed by atoms with van der Waals surface area (Å²) in [6.07, 6.45) is -4.79. The molecule has 1 aromatic rings. The SMILES string of the molecule is COc1cccc(C(=O)C2(C(F)(F)F)CCNC2)c1. The van der Waals surface area contributed by atoms with Gasteiger partial charge in [-0.15, -0.1) is 0 Å². The third kappa shape index (κ3) is 2.32. The molecule has 1 unspecified atom stereocenters. The van der Waals surface area contributed by atoms with E-state index in [2.05, 4.69) is 5.32 Å². The molecular formula is C13H14F3NO2. The van der Waals surface area contributed by atoms with E-state index in [1.807, 2.05) is 0 Å². The summed E-state index contributed by atoms with van der Waals surface area (Å²) in [5, 5.41) is 2.63. The number of carbonyl (C=O) groups excluding carboxylic acids is 1. The van der Waals surface area contributed by atoms with Crippen molar-refractivity contribution in [2.45, 2.75) is 12.6 Å². The van der Waals surface area contributed by atoms with Crippen LogP contribution in [0.3, 0.4) is 0 Å².